The maximum absolute atomic E-state index is 12.1. The number of hydrogen-bond donors (Lipinski definition) is 0. The van der Waals surface area contributed by atoms with Gasteiger partial charge < -0.3 is 0 Å². The molecule has 5 heteroatoms. The molecule has 2 nitrogen and oxygen atoms in total. The Morgan fingerprint density at radius 2 is 1.50 bits per heavy atom. The summed E-state index contributed by atoms with van der Waals surface area (Å²) in [7, 11) is -3.31. The first-order valence-corrected chi connectivity index (χ1v) is 8.02. The van der Waals surface area contributed by atoms with Crippen molar-refractivity contribution in [1.82, 2.24) is 0 Å². The van der Waals surface area contributed by atoms with Crippen molar-refractivity contribution in [2.45, 2.75) is 10.6 Å². The molecule has 0 unspecified atom stereocenters. The largest absolute Gasteiger partial charge is 0.223 e. The minimum absolute atomic E-state index is 0.0220. The number of hydrogen-bond acceptors (Lipinski definition) is 2. The molecule has 0 aliphatic rings. The zero-order valence-electron chi connectivity index (χ0n) is 9.31. The Balaban J connectivity index is 2.27. The molecule has 0 amide bonds. The van der Waals surface area contributed by atoms with Gasteiger partial charge in [-0.05, 0) is 42.0 Å². The molecule has 0 N–H and O–H groups in total. The maximum Gasteiger partial charge on any atom is 0.182 e. The number of sulfone groups is 1. The van der Waals surface area contributed by atoms with Gasteiger partial charge in [-0.15, -0.1) is 0 Å². The molecule has 0 aliphatic carbocycles. The standard InChI is InChI=1S/C13H10BrClO2S/c14-11-3-7-13(8-4-11)18(16,17)9-10-1-5-12(15)6-2-10/h1-8H,9H2. The highest BCUT2D eigenvalue weighted by atomic mass is 79.9. The van der Waals surface area contributed by atoms with Crippen LogP contribution >= 0.6 is 27.5 Å². The first-order valence-electron chi connectivity index (χ1n) is 5.20. The zero-order valence-corrected chi connectivity index (χ0v) is 12.5. The van der Waals surface area contributed by atoms with Gasteiger partial charge in [0, 0.05) is 9.50 Å². The smallest absolute Gasteiger partial charge is 0.182 e. The van der Waals surface area contributed by atoms with Crippen molar-refractivity contribution in [3.05, 3.63) is 63.6 Å². The van der Waals surface area contributed by atoms with Crippen LogP contribution in [0, 0.1) is 0 Å². The second-order valence-electron chi connectivity index (χ2n) is 3.84. The van der Waals surface area contributed by atoms with Gasteiger partial charge >= 0.3 is 0 Å². The fourth-order valence-electron chi connectivity index (χ4n) is 1.53. The summed E-state index contributed by atoms with van der Waals surface area (Å²) in [6.07, 6.45) is 0. The van der Waals surface area contributed by atoms with Crippen LogP contribution in [0.1, 0.15) is 5.56 Å². The van der Waals surface area contributed by atoms with E-state index in [-0.39, 0.29) is 5.75 Å². The van der Waals surface area contributed by atoms with Gasteiger partial charge in [0.15, 0.2) is 9.84 Å². The summed E-state index contributed by atoms with van der Waals surface area (Å²) in [4.78, 5) is 0.320. The Bertz CT molecular complexity index is 634. The Hall–Kier alpha value is -0.840. The molecule has 0 aromatic heterocycles. The molecule has 2 aromatic rings. The summed E-state index contributed by atoms with van der Waals surface area (Å²) in [5.74, 6) is -0.0220. The van der Waals surface area contributed by atoms with Gasteiger partial charge in [-0.3, -0.25) is 0 Å². The molecule has 0 fully saturated rings. The average molecular weight is 346 g/mol. The summed E-state index contributed by atoms with van der Waals surface area (Å²) >= 11 is 9.04. The van der Waals surface area contributed by atoms with Crippen LogP contribution in [0.5, 0.6) is 0 Å². The molecule has 18 heavy (non-hydrogen) atoms. The van der Waals surface area contributed by atoms with Crippen LogP contribution in [0.15, 0.2) is 57.9 Å². The monoisotopic (exact) mass is 344 g/mol. The number of halogens is 2. The zero-order chi connectivity index (χ0) is 13.2. The third kappa shape index (κ3) is 3.34. The van der Waals surface area contributed by atoms with E-state index >= 15 is 0 Å². The highest BCUT2D eigenvalue weighted by Crippen LogP contribution is 2.20. The number of benzene rings is 2. The maximum atomic E-state index is 12.1. The lowest BCUT2D eigenvalue weighted by Gasteiger charge is -2.05. The summed E-state index contributed by atoms with van der Waals surface area (Å²) in [5.41, 5.74) is 0.724. The fourth-order valence-corrected chi connectivity index (χ4v) is 3.26. The van der Waals surface area contributed by atoms with Crippen LogP contribution < -0.4 is 0 Å². The van der Waals surface area contributed by atoms with E-state index in [1.54, 1.807) is 48.5 Å². The molecular formula is C13H10BrClO2S. The molecule has 0 heterocycles. The highest BCUT2D eigenvalue weighted by Gasteiger charge is 2.14. The van der Waals surface area contributed by atoms with E-state index in [9.17, 15) is 8.42 Å². The van der Waals surface area contributed by atoms with Gasteiger partial charge in [-0.25, -0.2) is 8.42 Å². The van der Waals surface area contributed by atoms with Crippen molar-refractivity contribution in [3.8, 4) is 0 Å². The molecule has 2 aromatic carbocycles. The first-order chi connectivity index (χ1) is 8.47. The van der Waals surface area contributed by atoms with E-state index in [0.29, 0.717) is 9.92 Å². The van der Waals surface area contributed by atoms with Gasteiger partial charge in [-0.2, -0.15) is 0 Å². The normalized spacial score (nSPS) is 11.4. The van der Waals surface area contributed by atoms with E-state index in [4.69, 9.17) is 11.6 Å². The van der Waals surface area contributed by atoms with E-state index in [0.717, 1.165) is 10.0 Å². The molecule has 0 saturated heterocycles. The van der Waals surface area contributed by atoms with E-state index in [1.165, 1.54) is 0 Å². The summed E-state index contributed by atoms with van der Waals surface area (Å²) in [6, 6.07) is 13.4. The minimum Gasteiger partial charge on any atom is -0.223 e. The second-order valence-corrected chi connectivity index (χ2v) is 7.18. The van der Waals surface area contributed by atoms with Gasteiger partial charge in [0.2, 0.25) is 0 Å². The lowest BCUT2D eigenvalue weighted by atomic mass is 10.2. The van der Waals surface area contributed by atoms with Gasteiger partial charge in [0.05, 0.1) is 10.6 Å². The third-order valence-electron chi connectivity index (χ3n) is 2.44. The molecule has 0 spiro atoms. The van der Waals surface area contributed by atoms with Crippen molar-refractivity contribution >= 4 is 37.4 Å². The Morgan fingerprint density at radius 1 is 0.944 bits per heavy atom. The Kier molecular flexibility index (Phi) is 4.10. The van der Waals surface area contributed by atoms with Crippen molar-refractivity contribution in [3.63, 3.8) is 0 Å². The first kappa shape index (κ1) is 13.6. The van der Waals surface area contributed by atoms with Crippen LogP contribution in [0.3, 0.4) is 0 Å². The third-order valence-corrected chi connectivity index (χ3v) is 4.93. The molecule has 0 radical (unpaired) electrons. The molecule has 94 valence electrons. The quantitative estimate of drug-likeness (QED) is 0.840. The molecule has 0 saturated carbocycles. The van der Waals surface area contributed by atoms with Gasteiger partial charge in [0.25, 0.3) is 0 Å². The fraction of sp³-hybridized carbons (Fsp3) is 0.0769. The Labute approximate surface area is 120 Å². The predicted octanol–water partition coefficient (Wildman–Crippen LogP) is 4.08. The summed E-state index contributed by atoms with van der Waals surface area (Å²) in [5, 5.41) is 0.597. The molecule has 0 bridgehead atoms. The Morgan fingerprint density at radius 3 is 2.06 bits per heavy atom. The van der Waals surface area contributed by atoms with Crippen LogP contribution in [0.4, 0.5) is 0 Å². The van der Waals surface area contributed by atoms with Crippen molar-refractivity contribution in [1.29, 1.82) is 0 Å². The number of rotatable bonds is 3. The van der Waals surface area contributed by atoms with Gasteiger partial charge in [-0.1, -0.05) is 39.7 Å². The van der Waals surface area contributed by atoms with Crippen molar-refractivity contribution < 1.29 is 8.42 Å². The SMILES string of the molecule is O=S(=O)(Cc1ccc(Cl)cc1)c1ccc(Br)cc1. The molecule has 0 aliphatic heterocycles. The minimum atomic E-state index is -3.31. The molecule has 0 atom stereocenters. The van der Waals surface area contributed by atoms with E-state index in [1.807, 2.05) is 0 Å². The van der Waals surface area contributed by atoms with E-state index < -0.39 is 9.84 Å². The highest BCUT2D eigenvalue weighted by molar-refractivity contribution is 9.10. The van der Waals surface area contributed by atoms with Crippen molar-refractivity contribution in [2.24, 2.45) is 0 Å². The van der Waals surface area contributed by atoms with Crippen LogP contribution in [-0.2, 0) is 15.6 Å². The van der Waals surface area contributed by atoms with Crippen LogP contribution in [0.25, 0.3) is 0 Å². The topological polar surface area (TPSA) is 34.1 Å². The molecular weight excluding hydrogens is 336 g/mol. The lowest BCUT2D eigenvalue weighted by molar-refractivity contribution is 0.595. The summed E-state index contributed by atoms with van der Waals surface area (Å²) in [6.45, 7) is 0. The van der Waals surface area contributed by atoms with E-state index in [2.05, 4.69) is 15.9 Å². The lowest BCUT2D eigenvalue weighted by Crippen LogP contribution is -2.04. The summed E-state index contributed by atoms with van der Waals surface area (Å²) < 4.78 is 25.2. The molecule has 2 rings (SSSR count). The average Bonchev–Trinajstić information content (AvgIpc) is 2.32. The van der Waals surface area contributed by atoms with Crippen LogP contribution in [-0.4, -0.2) is 8.42 Å². The van der Waals surface area contributed by atoms with Gasteiger partial charge in [0.1, 0.15) is 0 Å². The van der Waals surface area contributed by atoms with Crippen LogP contribution in [0.2, 0.25) is 5.02 Å². The predicted molar refractivity (Wildman–Crippen MR) is 76.5 cm³/mol. The second kappa shape index (κ2) is 5.43. The van der Waals surface area contributed by atoms with Crippen molar-refractivity contribution in [2.75, 3.05) is 0 Å².